The van der Waals surface area contributed by atoms with Crippen LogP contribution in [0.15, 0.2) is 24.3 Å². The fourth-order valence-electron chi connectivity index (χ4n) is 1.88. The van der Waals surface area contributed by atoms with Gasteiger partial charge in [0.1, 0.15) is 0 Å². The molecule has 0 aliphatic carbocycles. The van der Waals surface area contributed by atoms with Gasteiger partial charge in [0.2, 0.25) is 5.91 Å². The van der Waals surface area contributed by atoms with Crippen LogP contribution >= 0.6 is 0 Å². The molecular weight excluding hydrogens is 236 g/mol. The molecule has 1 rings (SSSR count). The van der Waals surface area contributed by atoms with E-state index in [1.165, 1.54) is 6.42 Å². The molecule has 1 aromatic rings. The summed E-state index contributed by atoms with van der Waals surface area (Å²) < 4.78 is 0. The van der Waals surface area contributed by atoms with Crippen LogP contribution in [0.4, 0.5) is 11.4 Å². The van der Waals surface area contributed by atoms with Crippen molar-refractivity contribution >= 4 is 17.3 Å². The number of amides is 1. The Balaban J connectivity index is 2.54. The van der Waals surface area contributed by atoms with Crippen LogP contribution in [0.5, 0.6) is 0 Å². The van der Waals surface area contributed by atoms with Gasteiger partial charge in [0, 0.05) is 23.8 Å². The lowest BCUT2D eigenvalue weighted by molar-refractivity contribution is -0.115. The van der Waals surface area contributed by atoms with E-state index in [1.54, 1.807) is 0 Å². The summed E-state index contributed by atoms with van der Waals surface area (Å²) in [5.74, 6) is 0.782. The van der Waals surface area contributed by atoms with Crippen molar-refractivity contribution in [3.05, 3.63) is 24.3 Å². The molecule has 3 heteroatoms. The van der Waals surface area contributed by atoms with Gasteiger partial charge in [-0.2, -0.15) is 0 Å². The van der Waals surface area contributed by atoms with Crippen LogP contribution in [0.3, 0.4) is 0 Å². The highest BCUT2D eigenvalue weighted by molar-refractivity contribution is 5.90. The first-order valence-electron chi connectivity index (χ1n) is 7.17. The second-order valence-corrected chi connectivity index (χ2v) is 5.50. The Kier molecular flexibility index (Phi) is 6.40. The number of benzene rings is 1. The molecule has 0 fully saturated rings. The highest BCUT2D eigenvalue weighted by atomic mass is 16.1. The maximum atomic E-state index is 11.4. The van der Waals surface area contributed by atoms with E-state index in [0.29, 0.717) is 12.5 Å². The highest BCUT2D eigenvalue weighted by Gasteiger charge is 2.05. The minimum atomic E-state index is 0.0463. The lowest BCUT2D eigenvalue weighted by Gasteiger charge is -2.17. The van der Waals surface area contributed by atoms with Crippen molar-refractivity contribution in [2.75, 3.05) is 10.6 Å². The molecule has 0 aromatic heterocycles. The van der Waals surface area contributed by atoms with Crippen molar-refractivity contribution in [3.63, 3.8) is 0 Å². The van der Waals surface area contributed by atoms with Crippen LogP contribution < -0.4 is 10.6 Å². The summed E-state index contributed by atoms with van der Waals surface area (Å²) in [6, 6.07) is 8.34. The zero-order valence-electron chi connectivity index (χ0n) is 12.5. The van der Waals surface area contributed by atoms with Gasteiger partial charge in [0.15, 0.2) is 0 Å². The highest BCUT2D eigenvalue weighted by Crippen LogP contribution is 2.18. The average molecular weight is 262 g/mol. The van der Waals surface area contributed by atoms with Crippen molar-refractivity contribution in [3.8, 4) is 0 Å². The molecule has 1 unspecified atom stereocenters. The molecule has 0 bridgehead atoms. The topological polar surface area (TPSA) is 41.1 Å². The van der Waals surface area contributed by atoms with E-state index < -0.39 is 0 Å². The minimum absolute atomic E-state index is 0.0463. The van der Waals surface area contributed by atoms with Gasteiger partial charge in [-0.1, -0.05) is 26.8 Å². The van der Waals surface area contributed by atoms with E-state index in [0.717, 1.165) is 23.7 Å². The van der Waals surface area contributed by atoms with E-state index in [-0.39, 0.29) is 5.91 Å². The zero-order valence-corrected chi connectivity index (χ0v) is 12.5. The number of carbonyl (C=O) groups is 1. The Bertz CT molecular complexity index is 401. The number of rotatable bonds is 7. The van der Waals surface area contributed by atoms with Gasteiger partial charge >= 0.3 is 0 Å². The van der Waals surface area contributed by atoms with Crippen LogP contribution in [0.25, 0.3) is 0 Å². The van der Waals surface area contributed by atoms with Crippen LogP contribution in [-0.2, 0) is 4.79 Å². The summed E-state index contributed by atoms with van der Waals surface area (Å²) >= 11 is 0. The SMILES string of the molecule is CCC(=O)Nc1cccc(NC(C)CCC(C)C)c1. The van der Waals surface area contributed by atoms with Gasteiger partial charge in [0.05, 0.1) is 0 Å². The van der Waals surface area contributed by atoms with E-state index in [2.05, 4.69) is 31.4 Å². The van der Waals surface area contributed by atoms with E-state index >= 15 is 0 Å². The number of hydrogen-bond donors (Lipinski definition) is 2. The van der Waals surface area contributed by atoms with E-state index in [1.807, 2.05) is 31.2 Å². The smallest absolute Gasteiger partial charge is 0.224 e. The van der Waals surface area contributed by atoms with Crippen LogP contribution in [0, 0.1) is 5.92 Å². The summed E-state index contributed by atoms with van der Waals surface area (Å²) in [7, 11) is 0. The van der Waals surface area contributed by atoms with Crippen molar-refractivity contribution in [1.82, 2.24) is 0 Å². The van der Waals surface area contributed by atoms with Gasteiger partial charge < -0.3 is 10.6 Å². The van der Waals surface area contributed by atoms with Gasteiger partial charge in [-0.25, -0.2) is 0 Å². The lowest BCUT2D eigenvalue weighted by atomic mass is 10.0. The maximum Gasteiger partial charge on any atom is 0.224 e. The molecule has 106 valence electrons. The fourth-order valence-corrected chi connectivity index (χ4v) is 1.88. The van der Waals surface area contributed by atoms with Gasteiger partial charge in [0.25, 0.3) is 0 Å². The molecule has 2 N–H and O–H groups in total. The normalized spacial score (nSPS) is 12.3. The average Bonchev–Trinajstić information content (AvgIpc) is 2.36. The summed E-state index contributed by atoms with van der Waals surface area (Å²) in [6.45, 7) is 8.53. The van der Waals surface area contributed by atoms with Gasteiger partial charge in [-0.05, 0) is 43.9 Å². The maximum absolute atomic E-state index is 11.4. The van der Waals surface area contributed by atoms with E-state index in [9.17, 15) is 4.79 Å². The molecule has 3 nitrogen and oxygen atoms in total. The molecule has 0 aliphatic heterocycles. The summed E-state index contributed by atoms with van der Waals surface area (Å²) in [5, 5.41) is 6.35. The Morgan fingerprint density at radius 3 is 2.47 bits per heavy atom. The molecule has 0 aliphatic rings. The number of hydrogen-bond acceptors (Lipinski definition) is 2. The van der Waals surface area contributed by atoms with E-state index in [4.69, 9.17) is 0 Å². The molecule has 0 spiro atoms. The third-order valence-electron chi connectivity index (χ3n) is 3.06. The number of anilines is 2. The third-order valence-corrected chi connectivity index (χ3v) is 3.06. The van der Waals surface area contributed by atoms with Gasteiger partial charge in [-0.3, -0.25) is 4.79 Å². The monoisotopic (exact) mass is 262 g/mol. The molecule has 1 atom stereocenters. The largest absolute Gasteiger partial charge is 0.383 e. The molecule has 0 saturated carbocycles. The standard InChI is InChI=1S/C16H26N2O/c1-5-16(19)18-15-8-6-7-14(11-15)17-13(4)10-9-12(2)3/h6-8,11-13,17H,5,9-10H2,1-4H3,(H,18,19). The lowest BCUT2D eigenvalue weighted by Crippen LogP contribution is -2.16. The minimum Gasteiger partial charge on any atom is -0.383 e. The van der Waals surface area contributed by atoms with Crippen LogP contribution in [0.1, 0.15) is 47.0 Å². The Hall–Kier alpha value is -1.51. The molecule has 0 radical (unpaired) electrons. The summed E-state index contributed by atoms with van der Waals surface area (Å²) in [4.78, 5) is 11.4. The fraction of sp³-hybridized carbons (Fsp3) is 0.562. The second kappa shape index (κ2) is 7.82. The molecular formula is C16H26N2O. The zero-order chi connectivity index (χ0) is 14.3. The first kappa shape index (κ1) is 15.5. The predicted molar refractivity (Wildman–Crippen MR) is 82.5 cm³/mol. The first-order chi connectivity index (χ1) is 9.01. The van der Waals surface area contributed by atoms with Crippen molar-refractivity contribution in [1.29, 1.82) is 0 Å². The summed E-state index contributed by atoms with van der Waals surface area (Å²) in [6.07, 6.45) is 2.88. The van der Waals surface area contributed by atoms with Crippen molar-refractivity contribution in [2.45, 2.75) is 53.0 Å². The molecule has 0 saturated heterocycles. The number of nitrogens with one attached hydrogen (secondary N) is 2. The second-order valence-electron chi connectivity index (χ2n) is 5.50. The Morgan fingerprint density at radius 1 is 1.16 bits per heavy atom. The molecule has 1 amide bonds. The molecule has 0 heterocycles. The quantitative estimate of drug-likeness (QED) is 0.770. The predicted octanol–water partition coefficient (Wildman–Crippen LogP) is 4.27. The van der Waals surface area contributed by atoms with Crippen LogP contribution in [-0.4, -0.2) is 11.9 Å². The van der Waals surface area contributed by atoms with Crippen molar-refractivity contribution in [2.24, 2.45) is 5.92 Å². The van der Waals surface area contributed by atoms with Gasteiger partial charge in [-0.15, -0.1) is 0 Å². The third kappa shape index (κ3) is 6.27. The number of carbonyl (C=O) groups excluding carboxylic acids is 1. The molecule has 1 aromatic carbocycles. The Morgan fingerprint density at radius 2 is 1.84 bits per heavy atom. The molecule has 19 heavy (non-hydrogen) atoms. The van der Waals surface area contributed by atoms with Crippen LogP contribution in [0.2, 0.25) is 0 Å². The van der Waals surface area contributed by atoms with Crippen molar-refractivity contribution < 1.29 is 4.79 Å². The first-order valence-corrected chi connectivity index (χ1v) is 7.17. The Labute approximate surface area is 116 Å². The summed E-state index contributed by atoms with van der Waals surface area (Å²) in [5.41, 5.74) is 1.91.